The van der Waals surface area contributed by atoms with Gasteiger partial charge in [-0.2, -0.15) is 0 Å². The lowest BCUT2D eigenvalue weighted by molar-refractivity contribution is -0.384. The molecule has 0 fully saturated rings. The molecule has 0 atom stereocenters. The molecule has 2 aromatic carbocycles. The van der Waals surface area contributed by atoms with Crippen molar-refractivity contribution in [1.29, 1.82) is 0 Å². The first-order valence-electron chi connectivity index (χ1n) is 8.61. The van der Waals surface area contributed by atoms with Crippen LogP contribution >= 0.6 is 11.6 Å². The van der Waals surface area contributed by atoms with Gasteiger partial charge in [-0.05, 0) is 36.3 Å². The molecule has 0 saturated heterocycles. The first-order valence-corrected chi connectivity index (χ1v) is 8.99. The summed E-state index contributed by atoms with van der Waals surface area (Å²) < 4.78 is 0. The third-order valence-electron chi connectivity index (χ3n) is 3.93. The Labute approximate surface area is 167 Å². The molecule has 2 amide bonds. The molecule has 0 aliphatic rings. The summed E-state index contributed by atoms with van der Waals surface area (Å²) in [5, 5.41) is 14.2. The second-order valence-corrected chi connectivity index (χ2v) is 6.38. The number of nitrogens with zero attached hydrogens (tertiary/aromatic N) is 2. The lowest BCUT2D eigenvalue weighted by Gasteiger charge is -2.18. The Hall–Kier alpha value is -3.19. The third-order valence-corrected chi connectivity index (χ3v) is 4.18. The molecule has 0 saturated carbocycles. The number of amides is 2. The highest BCUT2D eigenvalue weighted by atomic mass is 35.5. The predicted molar refractivity (Wildman–Crippen MR) is 108 cm³/mol. The fraction of sp³-hybridized carbons (Fsp3) is 0.200. The summed E-state index contributed by atoms with van der Waals surface area (Å²) >= 11 is 5.82. The molecule has 0 heterocycles. The van der Waals surface area contributed by atoms with Gasteiger partial charge in [-0.15, -0.1) is 0 Å². The van der Waals surface area contributed by atoms with E-state index in [0.717, 1.165) is 5.56 Å². The number of hydrogen-bond donors (Lipinski definition) is 1. The monoisotopic (exact) mass is 401 g/mol. The van der Waals surface area contributed by atoms with Gasteiger partial charge >= 0.3 is 0 Å². The lowest BCUT2D eigenvalue weighted by Crippen LogP contribution is -2.39. The summed E-state index contributed by atoms with van der Waals surface area (Å²) in [6.07, 6.45) is 2.79. The van der Waals surface area contributed by atoms with Gasteiger partial charge in [0.05, 0.1) is 11.5 Å². The van der Waals surface area contributed by atoms with Crippen LogP contribution in [0.2, 0.25) is 5.02 Å². The Kier molecular flexibility index (Phi) is 7.71. The van der Waals surface area contributed by atoms with E-state index in [1.807, 2.05) is 12.1 Å². The Morgan fingerprint density at radius 2 is 1.93 bits per heavy atom. The van der Waals surface area contributed by atoms with Crippen LogP contribution in [0, 0.1) is 10.1 Å². The molecule has 0 aromatic heterocycles. The number of nitro benzene ring substituents is 1. The molecule has 146 valence electrons. The van der Waals surface area contributed by atoms with Gasteiger partial charge in [0.15, 0.2) is 0 Å². The van der Waals surface area contributed by atoms with Crippen LogP contribution in [0.3, 0.4) is 0 Å². The van der Waals surface area contributed by atoms with Crippen LogP contribution in [-0.4, -0.2) is 34.7 Å². The van der Waals surface area contributed by atoms with E-state index in [9.17, 15) is 19.7 Å². The van der Waals surface area contributed by atoms with Crippen molar-refractivity contribution in [3.63, 3.8) is 0 Å². The molecular weight excluding hydrogens is 382 g/mol. The summed E-state index contributed by atoms with van der Waals surface area (Å²) in [6.45, 7) is 2.38. The predicted octanol–water partition coefficient (Wildman–Crippen LogP) is 3.43. The van der Waals surface area contributed by atoms with Gasteiger partial charge in [0.1, 0.15) is 0 Å². The van der Waals surface area contributed by atoms with Crippen LogP contribution in [0.1, 0.15) is 18.1 Å². The van der Waals surface area contributed by atoms with E-state index in [0.29, 0.717) is 23.7 Å². The zero-order chi connectivity index (χ0) is 20.5. The number of carbonyl (C=O) groups excluding carboxylic acids is 2. The minimum Gasteiger partial charge on any atom is -0.350 e. The van der Waals surface area contributed by atoms with Crippen LogP contribution in [0.4, 0.5) is 5.69 Å². The number of non-ortho nitro benzene ring substituents is 1. The molecule has 0 aliphatic heterocycles. The Morgan fingerprint density at radius 3 is 2.57 bits per heavy atom. The Bertz CT molecular complexity index is 881. The van der Waals surface area contributed by atoms with Crippen LogP contribution in [0.15, 0.2) is 54.6 Å². The Balaban J connectivity index is 1.91. The van der Waals surface area contributed by atoms with E-state index in [1.54, 1.807) is 31.2 Å². The zero-order valence-electron chi connectivity index (χ0n) is 15.3. The third kappa shape index (κ3) is 6.51. The van der Waals surface area contributed by atoms with Crippen molar-refractivity contribution in [3.05, 3.63) is 80.9 Å². The van der Waals surface area contributed by atoms with Gasteiger partial charge in [0.2, 0.25) is 11.8 Å². The molecule has 2 aromatic rings. The van der Waals surface area contributed by atoms with E-state index >= 15 is 0 Å². The van der Waals surface area contributed by atoms with E-state index < -0.39 is 4.92 Å². The van der Waals surface area contributed by atoms with Gasteiger partial charge in [-0.1, -0.05) is 35.9 Å². The van der Waals surface area contributed by atoms with Gasteiger partial charge in [-0.25, -0.2) is 0 Å². The maximum absolute atomic E-state index is 12.3. The molecule has 7 nitrogen and oxygen atoms in total. The molecule has 28 heavy (non-hydrogen) atoms. The molecule has 0 spiro atoms. The van der Waals surface area contributed by atoms with Gasteiger partial charge in [0, 0.05) is 36.3 Å². The van der Waals surface area contributed by atoms with Crippen molar-refractivity contribution in [2.75, 3.05) is 13.1 Å². The number of rotatable bonds is 8. The summed E-state index contributed by atoms with van der Waals surface area (Å²) in [4.78, 5) is 36.1. The van der Waals surface area contributed by atoms with Crippen molar-refractivity contribution in [1.82, 2.24) is 10.2 Å². The van der Waals surface area contributed by atoms with E-state index in [4.69, 9.17) is 11.6 Å². The average molecular weight is 402 g/mol. The molecule has 2 rings (SSSR count). The maximum Gasteiger partial charge on any atom is 0.270 e. The van der Waals surface area contributed by atoms with Crippen molar-refractivity contribution >= 4 is 35.2 Å². The molecule has 0 unspecified atom stereocenters. The molecular formula is C20H20ClN3O4. The average Bonchev–Trinajstić information content (AvgIpc) is 2.70. The fourth-order valence-electron chi connectivity index (χ4n) is 2.39. The molecule has 0 radical (unpaired) electrons. The summed E-state index contributed by atoms with van der Waals surface area (Å²) in [7, 11) is 0. The number of nitrogens with one attached hydrogen (secondary N) is 1. The lowest BCUT2D eigenvalue weighted by atomic mass is 10.2. The highest BCUT2D eigenvalue weighted by Gasteiger charge is 2.13. The second kappa shape index (κ2) is 10.2. The van der Waals surface area contributed by atoms with Crippen molar-refractivity contribution < 1.29 is 14.5 Å². The van der Waals surface area contributed by atoms with Crippen LogP contribution in [0.25, 0.3) is 6.08 Å². The van der Waals surface area contributed by atoms with E-state index in [1.165, 1.54) is 29.2 Å². The highest BCUT2D eigenvalue weighted by molar-refractivity contribution is 6.30. The molecule has 0 aliphatic carbocycles. The second-order valence-electron chi connectivity index (χ2n) is 5.94. The SMILES string of the molecule is CCN(CC(=O)NCc1ccc(Cl)cc1)C(=O)/C=C\c1cccc([N+](=O)[O-])c1. The summed E-state index contributed by atoms with van der Waals surface area (Å²) in [5.41, 5.74) is 1.38. The first-order chi connectivity index (χ1) is 13.4. The zero-order valence-corrected chi connectivity index (χ0v) is 16.1. The topological polar surface area (TPSA) is 92.6 Å². The van der Waals surface area contributed by atoms with E-state index in [-0.39, 0.29) is 24.0 Å². The standard InChI is InChI=1S/C20H20ClN3O4/c1-2-23(14-19(25)22-13-16-6-9-17(21)10-7-16)20(26)11-8-15-4-3-5-18(12-15)24(27)28/h3-12H,2,13-14H2,1H3,(H,22,25)/b11-8-. The number of likely N-dealkylation sites (N-methyl/N-ethyl adjacent to an activating group) is 1. The van der Waals surface area contributed by atoms with Crippen LogP contribution in [0.5, 0.6) is 0 Å². The van der Waals surface area contributed by atoms with Crippen molar-refractivity contribution in [2.24, 2.45) is 0 Å². The normalized spacial score (nSPS) is 10.6. The molecule has 1 N–H and O–H groups in total. The van der Waals surface area contributed by atoms with Crippen molar-refractivity contribution in [2.45, 2.75) is 13.5 Å². The number of nitro groups is 1. The quantitative estimate of drug-likeness (QED) is 0.416. The maximum atomic E-state index is 12.3. The minimum absolute atomic E-state index is 0.0523. The van der Waals surface area contributed by atoms with Gasteiger partial charge in [0.25, 0.3) is 5.69 Å². The largest absolute Gasteiger partial charge is 0.350 e. The Morgan fingerprint density at radius 1 is 1.21 bits per heavy atom. The first kappa shape index (κ1) is 21.1. The molecule has 8 heteroatoms. The number of halogens is 1. The number of carbonyl (C=O) groups is 2. The molecule has 0 bridgehead atoms. The minimum atomic E-state index is -0.497. The van der Waals surface area contributed by atoms with Crippen LogP contribution in [-0.2, 0) is 16.1 Å². The van der Waals surface area contributed by atoms with Gasteiger partial charge < -0.3 is 10.2 Å². The number of hydrogen-bond acceptors (Lipinski definition) is 4. The van der Waals surface area contributed by atoms with Crippen LogP contribution < -0.4 is 5.32 Å². The summed E-state index contributed by atoms with van der Waals surface area (Å²) in [6, 6.07) is 13.1. The van der Waals surface area contributed by atoms with E-state index in [2.05, 4.69) is 5.32 Å². The summed E-state index contributed by atoms with van der Waals surface area (Å²) in [5.74, 6) is -0.635. The highest BCUT2D eigenvalue weighted by Crippen LogP contribution is 2.14. The van der Waals surface area contributed by atoms with Crippen molar-refractivity contribution in [3.8, 4) is 0 Å². The number of benzene rings is 2. The fourth-order valence-corrected chi connectivity index (χ4v) is 2.52. The smallest absolute Gasteiger partial charge is 0.270 e. The van der Waals surface area contributed by atoms with Gasteiger partial charge in [-0.3, -0.25) is 19.7 Å².